The number of nitrogens with zero attached hydrogens (tertiary/aromatic N) is 2. The molecule has 3 atom stereocenters. The van der Waals surface area contributed by atoms with Crippen molar-refractivity contribution in [2.45, 2.75) is 36.6 Å². The lowest BCUT2D eigenvalue weighted by atomic mass is 9.83. The number of thioether (sulfide) groups is 1. The molecule has 0 saturated carbocycles. The van der Waals surface area contributed by atoms with E-state index in [-0.39, 0.29) is 29.8 Å². The zero-order valence-corrected chi connectivity index (χ0v) is 26.3. The van der Waals surface area contributed by atoms with Crippen LogP contribution in [0.2, 0.25) is 0 Å². The Balaban J connectivity index is 1.34. The minimum absolute atomic E-state index is 0.250. The van der Waals surface area contributed by atoms with E-state index in [1.54, 1.807) is 62.6 Å². The molecule has 1 aromatic heterocycles. The Hall–Kier alpha value is -4.68. The fourth-order valence-electron chi connectivity index (χ4n) is 5.62. The molecule has 10 nitrogen and oxygen atoms in total. The van der Waals surface area contributed by atoms with E-state index in [9.17, 15) is 24.0 Å². The van der Waals surface area contributed by atoms with Crippen LogP contribution in [0.3, 0.4) is 0 Å². The average Bonchev–Trinajstić information content (AvgIpc) is 3.48. The number of carbonyl (C=O) groups is 4. The van der Waals surface area contributed by atoms with Gasteiger partial charge in [0.15, 0.2) is 0 Å². The maximum absolute atomic E-state index is 14.0. The highest BCUT2D eigenvalue weighted by Gasteiger charge is 2.56. The molecule has 230 valence electrons. The number of hydrogen-bond donors (Lipinski definition) is 1. The third-order valence-electron chi connectivity index (χ3n) is 7.80. The SMILES string of the molecule is CCOC(=O)c1ccc(NC(=O)Cn2c3c(sc2=O)[C@@H](c2ccc(OC)cc2)[C@@H]2C(=O)N(c4ccc(C)cc4)C(=O)[C@@H]2S3)cc1. The first-order valence-electron chi connectivity index (χ1n) is 14.3. The van der Waals surface area contributed by atoms with E-state index >= 15 is 0 Å². The summed E-state index contributed by atoms with van der Waals surface area (Å²) in [5, 5.41) is 2.46. The molecule has 0 unspecified atom stereocenters. The summed E-state index contributed by atoms with van der Waals surface area (Å²) < 4.78 is 11.7. The number of imide groups is 1. The van der Waals surface area contributed by atoms with Crippen molar-refractivity contribution in [1.82, 2.24) is 4.57 Å². The van der Waals surface area contributed by atoms with Crippen molar-refractivity contribution in [1.29, 1.82) is 0 Å². The molecular formula is C33H29N3O7S2. The van der Waals surface area contributed by atoms with E-state index in [0.717, 1.165) is 34.2 Å². The molecule has 0 bridgehead atoms. The molecule has 1 saturated heterocycles. The third-order valence-corrected chi connectivity index (χ3v) is 10.4. The van der Waals surface area contributed by atoms with Crippen LogP contribution in [0.5, 0.6) is 5.75 Å². The summed E-state index contributed by atoms with van der Waals surface area (Å²) in [6.45, 7) is 3.60. The number of ether oxygens (including phenoxy) is 2. The topological polar surface area (TPSA) is 124 Å². The van der Waals surface area contributed by atoms with Gasteiger partial charge in [0.2, 0.25) is 17.7 Å². The second-order valence-corrected chi connectivity index (χ2v) is 12.8. The van der Waals surface area contributed by atoms with Gasteiger partial charge in [-0.15, -0.1) is 0 Å². The van der Waals surface area contributed by atoms with Gasteiger partial charge in [-0.2, -0.15) is 0 Å². The summed E-state index contributed by atoms with van der Waals surface area (Å²) in [5.41, 5.74) is 3.05. The summed E-state index contributed by atoms with van der Waals surface area (Å²) in [6.07, 6.45) is 0. The van der Waals surface area contributed by atoms with Gasteiger partial charge in [0.05, 0.1) is 35.9 Å². The van der Waals surface area contributed by atoms with Gasteiger partial charge >= 0.3 is 10.8 Å². The number of aromatic nitrogens is 1. The third kappa shape index (κ3) is 5.67. The van der Waals surface area contributed by atoms with Crippen molar-refractivity contribution >= 4 is 58.2 Å². The first-order valence-corrected chi connectivity index (χ1v) is 16.0. The molecular weight excluding hydrogens is 615 g/mol. The van der Waals surface area contributed by atoms with Crippen LogP contribution in [0.15, 0.2) is 82.6 Å². The van der Waals surface area contributed by atoms with E-state index in [1.807, 2.05) is 31.2 Å². The highest BCUT2D eigenvalue weighted by atomic mass is 32.2. The second-order valence-electron chi connectivity index (χ2n) is 10.6. The maximum Gasteiger partial charge on any atom is 0.338 e. The van der Waals surface area contributed by atoms with Crippen molar-refractivity contribution in [2.75, 3.05) is 23.9 Å². The molecule has 3 heterocycles. The predicted molar refractivity (Wildman–Crippen MR) is 171 cm³/mol. The number of carbonyl (C=O) groups excluding carboxylic acids is 4. The molecule has 0 radical (unpaired) electrons. The summed E-state index contributed by atoms with van der Waals surface area (Å²) >= 11 is 2.14. The fraction of sp³-hybridized carbons (Fsp3) is 0.242. The zero-order valence-electron chi connectivity index (χ0n) is 24.6. The van der Waals surface area contributed by atoms with Crippen molar-refractivity contribution in [3.8, 4) is 5.75 Å². The Morgan fingerprint density at radius 1 is 0.911 bits per heavy atom. The molecule has 0 spiro atoms. The van der Waals surface area contributed by atoms with Crippen LogP contribution >= 0.6 is 23.1 Å². The van der Waals surface area contributed by atoms with Crippen molar-refractivity contribution < 1.29 is 28.7 Å². The predicted octanol–water partition coefficient (Wildman–Crippen LogP) is 4.84. The normalized spacial score (nSPS) is 18.7. The standard InChI is InChI=1S/C33H29N3O7S2/c1-4-43-32(40)20-7-11-21(12-8-20)34-24(37)17-35-31-28(45-33(35)41)25(19-9-15-23(42-3)16-10-19)26-27(44-31)30(39)36(29(26)38)22-13-5-18(2)6-14-22/h5-16,25-27H,4,17H2,1-3H3,(H,34,37)/t25-,26-,27+/m0/s1. The molecule has 2 aliphatic rings. The van der Waals surface area contributed by atoms with Crippen LogP contribution in [-0.2, 0) is 25.7 Å². The first-order chi connectivity index (χ1) is 21.7. The molecule has 1 fully saturated rings. The van der Waals surface area contributed by atoms with Gasteiger partial charge in [-0.1, -0.05) is 52.9 Å². The lowest BCUT2D eigenvalue weighted by Gasteiger charge is -2.30. The number of rotatable bonds is 8. The second kappa shape index (κ2) is 12.4. The summed E-state index contributed by atoms with van der Waals surface area (Å²) in [4.78, 5) is 67.9. The van der Waals surface area contributed by atoms with Crippen LogP contribution in [0.25, 0.3) is 0 Å². The number of anilines is 2. The van der Waals surface area contributed by atoms with E-state index in [4.69, 9.17) is 9.47 Å². The van der Waals surface area contributed by atoms with Gasteiger partial charge in [-0.3, -0.25) is 23.7 Å². The van der Waals surface area contributed by atoms with Crippen molar-refractivity contribution in [2.24, 2.45) is 5.92 Å². The number of hydrogen-bond acceptors (Lipinski definition) is 9. The quantitative estimate of drug-likeness (QED) is 0.214. The minimum atomic E-state index is -0.794. The van der Waals surface area contributed by atoms with Crippen LogP contribution in [0, 0.1) is 12.8 Å². The Labute approximate surface area is 267 Å². The summed E-state index contributed by atoms with van der Waals surface area (Å²) in [5.74, 6) is -2.31. The number of fused-ring (bicyclic) bond motifs is 2. The van der Waals surface area contributed by atoms with E-state index in [2.05, 4.69) is 5.32 Å². The summed E-state index contributed by atoms with van der Waals surface area (Å²) in [6, 6.07) is 20.7. The van der Waals surface area contributed by atoms with E-state index in [1.165, 1.54) is 9.47 Å². The maximum atomic E-state index is 14.0. The van der Waals surface area contributed by atoms with Crippen LogP contribution in [-0.4, -0.2) is 47.2 Å². The number of esters is 1. The van der Waals surface area contributed by atoms with Crippen LogP contribution in [0.4, 0.5) is 11.4 Å². The van der Waals surface area contributed by atoms with Crippen molar-refractivity contribution in [3.63, 3.8) is 0 Å². The molecule has 3 aromatic carbocycles. The largest absolute Gasteiger partial charge is 0.497 e. The average molecular weight is 644 g/mol. The Kier molecular flexibility index (Phi) is 8.34. The van der Waals surface area contributed by atoms with Gasteiger partial charge in [-0.25, -0.2) is 9.69 Å². The number of thiazole rings is 1. The van der Waals surface area contributed by atoms with Crippen molar-refractivity contribution in [3.05, 3.63) is 104 Å². The molecule has 12 heteroatoms. The zero-order chi connectivity index (χ0) is 31.8. The molecule has 3 amide bonds. The Morgan fingerprint density at radius 3 is 2.24 bits per heavy atom. The highest BCUT2D eigenvalue weighted by Crippen LogP contribution is 2.54. The molecule has 6 rings (SSSR count). The lowest BCUT2D eigenvalue weighted by Crippen LogP contribution is -2.33. The van der Waals surface area contributed by atoms with Crippen LogP contribution < -0.4 is 19.8 Å². The Bertz CT molecular complexity index is 1850. The molecule has 4 aromatic rings. The Morgan fingerprint density at radius 2 is 1.60 bits per heavy atom. The summed E-state index contributed by atoms with van der Waals surface area (Å²) in [7, 11) is 1.56. The highest BCUT2D eigenvalue weighted by molar-refractivity contribution is 8.00. The van der Waals surface area contributed by atoms with Crippen LogP contribution in [0.1, 0.15) is 39.2 Å². The molecule has 1 N–H and O–H groups in total. The number of benzene rings is 3. The minimum Gasteiger partial charge on any atom is -0.497 e. The van der Waals surface area contributed by atoms with Gasteiger partial charge < -0.3 is 14.8 Å². The monoisotopic (exact) mass is 643 g/mol. The number of aryl methyl sites for hydroxylation is 1. The van der Waals surface area contributed by atoms with E-state index < -0.39 is 29.0 Å². The molecule has 45 heavy (non-hydrogen) atoms. The van der Waals surface area contributed by atoms with Gasteiger partial charge in [0.1, 0.15) is 17.5 Å². The molecule has 0 aliphatic carbocycles. The number of amides is 3. The van der Waals surface area contributed by atoms with Gasteiger partial charge in [0, 0.05) is 16.5 Å². The lowest BCUT2D eigenvalue weighted by molar-refractivity contribution is -0.122. The smallest absolute Gasteiger partial charge is 0.338 e. The number of methoxy groups -OCH3 is 1. The van der Waals surface area contributed by atoms with Gasteiger partial charge in [-0.05, 0) is 67.9 Å². The first kappa shape index (κ1) is 30.4. The molecule has 2 aliphatic heterocycles. The van der Waals surface area contributed by atoms with E-state index in [0.29, 0.717) is 32.6 Å². The van der Waals surface area contributed by atoms with Gasteiger partial charge in [0.25, 0.3) is 0 Å². The number of nitrogens with one attached hydrogen (secondary N) is 1. The fourth-order valence-corrected chi connectivity index (χ4v) is 8.40.